The van der Waals surface area contributed by atoms with Crippen LogP contribution < -0.4 is 4.90 Å². The van der Waals surface area contributed by atoms with E-state index in [1.165, 1.54) is 0 Å². The lowest BCUT2D eigenvalue weighted by molar-refractivity contribution is -0.125. The van der Waals surface area contributed by atoms with Crippen LogP contribution in [0.3, 0.4) is 0 Å². The van der Waals surface area contributed by atoms with Gasteiger partial charge in [0.15, 0.2) is 0 Å². The second kappa shape index (κ2) is 6.10. The van der Waals surface area contributed by atoms with E-state index in [0.717, 1.165) is 0 Å². The molecule has 1 N–H and O–H groups in total. The van der Waals surface area contributed by atoms with E-state index in [0.29, 0.717) is 28.5 Å². The number of anilines is 1. The van der Waals surface area contributed by atoms with Crippen LogP contribution in [-0.2, 0) is 19.5 Å². The minimum absolute atomic E-state index is 0.0873. The van der Waals surface area contributed by atoms with Crippen molar-refractivity contribution in [1.29, 1.82) is 0 Å². The van der Waals surface area contributed by atoms with Crippen LogP contribution in [0, 0.1) is 5.41 Å². The minimum atomic E-state index is -4.68. The number of oxime groups is 1. The molecule has 23 heavy (non-hydrogen) atoms. The Labute approximate surface area is 139 Å². The van der Waals surface area contributed by atoms with Crippen molar-refractivity contribution < 1.29 is 22.0 Å². The summed E-state index contributed by atoms with van der Waals surface area (Å²) in [7, 11) is -4.68. The molecule has 1 aromatic rings. The van der Waals surface area contributed by atoms with Gasteiger partial charge in [0.25, 0.3) is 0 Å². The van der Waals surface area contributed by atoms with Crippen molar-refractivity contribution in [1.82, 2.24) is 0 Å². The molecule has 9 heteroatoms. The van der Waals surface area contributed by atoms with Gasteiger partial charge in [-0.25, -0.2) is 4.28 Å². The Kier molecular flexibility index (Phi) is 4.70. The number of rotatable bonds is 2. The maximum Gasteiger partial charge on any atom is 0.466 e. The summed E-state index contributed by atoms with van der Waals surface area (Å²) in [6.45, 7) is 5.73. The van der Waals surface area contributed by atoms with Gasteiger partial charge in [-0.1, -0.05) is 37.5 Å². The SMILES string of the molecule is CC(C)(C)C(=O)N1CC/C(=N\OS(=O)(=O)O)c2ccc(Cl)cc21. The molecule has 0 bridgehead atoms. The van der Waals surface area contributed by atoms with Crippen LogP contribution in [0.25, 0.3) is 0 Å². The van der Waals surface area contributed by atoms with Crippen molar-refractivity contribution in [3.05, 3.63) is 28.8 Å². The van der Waals surface area contributed by atoms with E-state index in [2.05, 4.69) is 9.44 Å². The Balaban J connectivity index is 2.48. The smallest absolute Gasteiger partial charge is 0.311 e. The molecule has 2 rings (SSSR count). The number of carbonyl (C=O) groups excluding carboxylic acids is 1. The summed E-state index contributed by atoms with van der Waals surface area (Å²) in [5.74, 6) is -0.0873. The molecule has 7 nitrogen and oxygen atoms in total. The average Bonchev–Trinajstić information content (AvgIpc) is 2.41. The molecule has 1 aliphatic heterocycles. The predicted molar refractivity (Wildman–Crippen MR) is 87.0 cm³/mol. The van der Waals surface area contributed by atoms with Gasteiger partial charge >= 0.3 is 10.4 Å². The molecule has 0 fully saturated rings. The summed E-state index contributed by atoms with van der Waals surface area (Å²) in [4.78, 5) is 14.2. The van der Waals surface area contributed by atoms with Crippen LogP contribution in [0.4, 0.5) is 5.69 Å². The third-order valence-electron chi connectivity index (χ3n) is 3.26. The van der Waals surface area contributed by atoms with Crippen molar-refractivity contribution in [2.45, 2.75) is 27.2 Å². The van der Waals surface area contributed by atoms with E-state index in [1.807, 2.05) is 20.8 Å². The maximum absolute atomic E-state index is 12.6. The van der Waals surface area contributed by atoms with Crippen LogP contribution in [0.5, 0.6) is 0 Å². The van der Waals surface area contributed by atoms with Crippen molar-refractivity contribution in [3.63, 3.8) is 0 Å². The summed E-state index contributed by atoms with van der Waals surface area (Å²) in [6.07, 6.45) is 0.284. The van der Waals surface area contributed by atoms with E-state index in [9.17, 15) is 13.2 Å². The van der Waals surface area contributed by atoms with Crippen molar-refractivity contribution in [2.24, 2.45) is 10.6 Å². The van der Waals surface area contributed by atoms with Gasteiger partial charge in [-0.15, -0.1) is 0 Å². The zero-order chi connectivity index (χ0) is 17.4. The van der Waals surface area contributed by atoms with Crippen LogP contribution >= 0.6 is 11.6 Å². The lowest BCUT2D eigenvalue weighted by atomic mass is 9.91. The van der Waals surface area contributed by atoms with Crippen LogP contribution in [0.1, 0.15) is 32.8 Å². The fourth-order valence-corrected chi connectivity index (χ4v) is 2.60. The molecule has 0 aromatic heterocycles. The second-order valence-electron chi connectivity index (χ2n) is 6.16. The molecular weight excluding hydrogens is 344 g/mol. The topological polar surface area (TPSA) is 96.3 Å². The predicted octanol–water partition coefficient (Wildman–Crippen LogP) is 2.65. The molecule has 1 aromatic carbocycles. The number of hydrogen-bond donors (Lipinski definition) is 1. The van der Waals surface area contributed by atoms with Crippen molar-refractivity contribution in [3.8, 4) is 0 Å². The Hall–Kier alpha value is -1.64. The maximum atomic E-state index is 12.6. The van der Waals surface area contributed by atoms with Gasteiger partial charge < -0.3 is 4.90 Å². The highest BCUT2D eigenvalue weighted by atomic mass is 35.5. The molecule has 1 amide bonds. The first-order chi connectivity index (χ1) is 10.5. The van der Waals surface area contributed by atoms with Gasteiger partial charge in [-0.05, 0) is 18.2 Å². The third kappa shape index (κ3) is 4.21. The standard InChI is InChI=1S/C14H17ClN2O5S/c1-14(2,3)13(18)17-7-6-11(16-22-23(19,20)21)10-5-4-9(15)8-12(10)17/h4-5,8H,6-7H2,1-3H3,(H,19,20,21)/b16-11+. The Morgan fingerprint density at radius 1 is 1.39 bits per heavy atom. The number of fused-ring (bicyclic) bond motifs is 1. The number of amides is 1. The van der Waals surface area contributed by atoms with E-state index in [4.69, 9.17) is 16.2 Å². The first kappa shape index (κ1) is 17.7. The minimum Gasteiger partial charge on any atom is -0.311 e. The molecular formula is C14H17ClN2O5S. The van der Waals surface area contributed by atoms with Gasteiger partial charge in [0.05, 0.1) is 11.4 Å². The first-order valence-electron chi connectivity index (χ1n) is 6.84. The molecule has 0 aliphatic carbocycles. The number of hydrogen-bond acceptors (Lipinski definition) is 5. The summed E-state index contributed by atoms with van der Waals surface area (Å²) in [6, 6.07) is 4.85. The molecule has 0 atom stereocenters. The number of nitrogens with zero attached hydrogens (tertiary/aromatic N) is 2. The Morgan fingerprint density at radius 3 is 2.61 bits per heavy atom. The van der Waals surface area contributed by atoms with Crippen molar-refractivity contribution in [2.75, 3.05) is 11.4 Å². The molecule has 1 heterocycles. The highest BCUT2D eigenvalue weighted by molar-refractivity contribution is 7.80. The molecule has 1 aliphatic rings. The van der Waals surface area contributed by atoms with E-state index < -0.39 is 15.8 Å². The summed E-state index contributed by atoms with van der Waals surface area (Å²) >= 11 is 6.01. The quantitative estimate of drug-likeness (QED) is 0.646. The summed E-state index contributed by atoms with van der Waals surface area (Å²) in [5.41, 5.74) is 0.787. The monoisotopic (exact) mass is 360 g/mol. The van der Waals surface area contributed by atoms with E-state index >= 15 is 0 Å². The van der Waals surface area contributed by atoms with E-state index in [1.54, 1.807) is 23.1 Å². The van der Waals surface area contributed by atoms with Gasteiger partial charge in [-0.3, -0.25) is 9.35 Å². The highest BCUT2D eigenvalue weighted by Gasteiger charge is 2.33. The number of halogens is 1. The fourth-order valence-electron chi connectivity index (χ4n) is 2.25. The van der Waals surface area contributed by atoms with Gasteiger partial charge in [0.1, 0.15) is 0 Å². The molecule has 0 saturated carbocycles. The lowest BCUT2D eigenvalue weighted by Gasteiger charge is -2.34. The fraction of sp³-hybridized carbons (Fsp3) is 0.429. The number of carbonyl (C=O) groups is 1. The zero-order valence-corrected chi connectivity index (χ0v) is 14.5. The van der Waals surface area contributed by atoms with Crippen LogP contribution in [-0.4, -0.2) is 31.1 Å². The van der Waals surface area contributed by atoms with Crippen molar-refractivity contribution >= 4 is 39.3 Å². The summed E-state index contributed by atoms with van der Waals surface area (Å²) in [5, 5.41) is 3.92. The molecule has 0 saturated heterocycles. The second-order valence-corrected chi connectivity index (χ2v) is 7.60. The van der Waals surface area contributed by atoms with Crippen LogP contribution in [0.15, 0.2) is 23.4 Å². The third-order valence-corrected chi connectivity index (χ3v) is 3.76. The van der Waals surface area contributed by atoms with E-state index in [-0.39, 0.29) is 12.3 Å². The van der Waals surface area contributed by atoms with Gasteiger partial charge in [-0.2, -0.15) is 8.42 Å². The molecule has 0 unspecified atom stereocenters. The lowest BCUT2D eigenvalue weighted by Crippen LogP contribution is -2.43. The Bertz CT molecular complexity index is 768. The van der Waals surface area contributed by atoms with Gasteiger partial charge in [0, 0.05) is 29.0 Å². The largest absolute Gasteiger partial charge is 0.466 e. The zero-order valence-electron chi connectivity index (χ0n) is 12.9. The highest BCUT2D eigenvalue weighted by Crippen LogP contribution is 2.33. The van der Waals surface area contributed by atoms with Gasteiger partial charge in [0.2, 0.25) is 5.91 Å². The average molecular weight is 361 g/mol. The molecule has 0 spiro atoms. The first-order valence-corrected chi connectivity index (χ1v) is 8.58. The summed E-state index contributed by atoms with van der Waals surface area (Å²) < 4.78 is 34.1. The normalized spacial score (nSPS) is 17.1. The number of benzene rings is 1. The Morgan fingerprint density at radius 2 is 2.04 bits per heavy atom. The molecule has 0 radical (unpaired) electrons. The molecule has 126 valence electrons. The van der Waals surface area contributed by atoms with Crippen LogP contribution in [0.2, 0.25) is 5.02 Å².